The van der Waals surface area contributed by atoms with Gasteiger partial charge in [-0.3, -0.25) is 0 Å². The normalized spacial score (nSPS) is 11.9. The molecular weight excluding hydrogens is 290 g/mol. The van der Waals surface area contributed by atoms with Gasteiger partial charge in [0.1, 0.15) is 5.52 Å². The van der Waals surface area contributed by atoms with Gasteiger partial charge in [-0.05, 0) is 36.4 Å². The van der Waals surface area contributed by atoms with Crippen molar-refractivity contribution in [1.29, 1.82) is 0 Å². The molecule has 0 bridgehead atoms. The lowest BCUT2D eigenvalue weighted by atomic mass is 10.2. The fraction of sp³-hybridized carbons (Fsp3) is 0.0714. The summed E-state index contributed by atoms with van der Waals surface area (Å²) < 4.78 is 28.7. The van der Waals surface area contributed by atoms with Gasteiger partial charge < -0.3 is 15.9 Å². The number of nitrogen functional groups attached to an aromatic ring is 2. The SMILES string of the molecule is CS(=O)(=O)c1ccc2oc(-c3cc(N)cc(N)c3)nc2c1. The van der Waals surface area contributed by atoms with Crippen LogP contribution in [-0.4, -0.2) is 19.7 Å². The highest BCUT2D eigenvalue weighted by Crippen LogP contribution is 2.28. The Morgan fingerprint density at radius 1 is 1.05 bits per heavy atom. The number of sulfone groups is 1. The third-order valence-corrected chi connectivity index (χ3v) is 4.12. The molecule has 1 aromatic heterocycles. The van der Waals surface area contributed by atoms with Gasteiger partial charge in [0.15, 0.2) is 15.4 Å². The Balaban J connectivity index is 2.17. The number of aromatic nitrogens is 1. The summed E-state index contributed by atoms with van der Waals surface area (Å²) in [5, 5.41) is 0. The van der Waals surface area contributed by atoms with Gasteiger partial charge in [0, 0.05) is 23.2 Å². The minimum Gasteiger partial charge on any atom is -0.436 e. The van der Waals surface area contributed by atoms with E-state index in [0.717, 1.165) is 6.26 Å². The number of anilines is 2. The van der Waals surface area contributed by atoms with Crippen molar-refractivity contribution in [3.05, 3.63) is 36.4 Å². The molecule has 0 saturated carbocycles. The fourth-order valence-electron chi connectivity index (χ4n) is 2.06. The Labute approximate surface area is 121 Å². The minimum absolute atomic E-state index is 0.196. The van der Waals surface area contributed by atoms with Crippen molar-refractivity contribution in [3.8, 4) is 11.5 Å². The zero-order valence-electron chi connectivity index (χ0n) is 11.2. The van der Waals surface area contributed by atoms with Gasteiger partial charge in [-0.2, -0.15) is 0 Å². The molecule has 7 heteroatoms. The molecule has 0 aliphatic heterocycles. The molecule has 0 unspecified atom stereocenters. The van der Waals surface area contributed by atoms with Crippen molar-refractivity contribution in [2.45, 2.75) is 4.90 Å². The van der Waals surface area contributed by atoms with Crippen LogP contribution in [0.15, 0.2) is 45.7 Å². The second-order valence-electron chi connectivity index (χ2n) is 4.81. The predicted molar refractivity (Wildman–Crippen MR) is 81.4 cm³/mol. The number of fused-ring (bicyclic) bond motifs is 1. The topological polar surface area (TPSA) is 112 Å². The van der Waals surface area contributed by atoms with Gasteiger partial charge in [-0.15, -0.1) is 0 Å². The van der Waals surface area contributed by atoms with E-state index in [2.05, 4.69) is 4.98 Å². The van der Waals surface area contributed by atoms with Gasteiger partial charge >= 0.3 is 0 Å². The molecule has 0 atom stereocenters. The summed E-state index contributed by atoms with van der Waals surface area (Å²) in [7, 11) is -3.28. The van der Waals surface area contributed by atoms with E-state index in [0.29, 0.717) is 33.9 Å². The smallest absolute Gasteiger partial charge is 0.227 e. The van der Waals surface area contributed by atoms with E-state index in [1.165, 1.54) is 12.1 Å². The van der Waals surface area contributed by atoms with E-state index in [4.69, 9.17) is 15.9 Å². The molecule has 0 radical (unpaired) electrons. The minimum atomic E-state index is -3.28. The molecule has 6 nitrogen and oxygen atoms in total. The molecule has 0 aliphatic rings. The van der Waals surface area contributed by atoms with E-state index in [9.17, 15) is 8.42 Å². The molecule has 4 N–H and O–H groups in total. The summed E-state index contributed by atoms with van der Waals surface area (Å²) in [6.45, 7) is 0. The summed E-state index contributed by atoms with van der Waals surface area (Å²) in [4.78, 5) is 4.49. The highest BCUT2D eigenvalue weighted by Gasteiger charge is 2.13. The lowest BCUT2D eigenvalue weighted by Gasteiger charge is -2.00. The lowest BCUT2D eigenvalue weighted by Crippen LogP contribution is -1.96. The van der Waals surface area contributed by atoms with Crippen LogP contribution in [0.3, 0.4) is 0 Å². The van der Waals surface area contributed by atoms with Gasteiger partial charge in [0.05, 0.1) is 4.90 Å². The number of hydrogen-bond donors (Lipinski definition) is 2. The highest BCUT2D eigenvalue weighted by atomic mass is 32.2. The first kappa shape index (κ1) is 13.4. The molecule has 0 saturated heterocycles. The number of rotatable bonds is 2. The first-order valence-corrected chi connectivity index (χ1v) is 7.99. The van der Waals surface area contributed by atoms with Crippen molar-refractivity contribution in [2.75, 3.05) is 17.7 Å². The molecule has 3 rings (SSSR count). The van der Waals surface area contributed by atoms with Crippen LogP contribution in [0.1, 0.15) is 0 Å². The predicted octanol–water partition coefficient (Wildman–Crippen LogP) is 2.06. The van der Waals surface area contributed by atoms with Gasteiger partial charge in [-0.25, -0.2) is 13.4 Å². The highest BCUT2D eigenvalue weighted by molar-refractivity contribution is 7.90. The number of hydrogen-bond acceptors (Lipinski definition) is 6. The molecule has 0 spiro atoms. The molecule has 21 heavy (non-hydrogen) atoms. The summed E-state index contributed by atoms with van der Waals surface area (Å²) in [5.41, 5.74) is 14.1. The molecule has 2 aromatic carbocycles. The molecule has 1 heterocycles. The van der Waals surface area contributed by atoms with Crippen molar-refractivity contribution in [2.24, 2.45) is 0 Å². The van der Waals surface area contributed by atoms with Crippen LogP contribution >= 0.6 is 0 Å². The maximum Gasteiger partial charge on any atom is 0.227 e. The number of oxazole rings is 1. The quantitative estimate of drug-likeness (QED) is 0.701. The first-order chi connectivity index (χ1) is 9.83. The van der Waals surface area contributed by atoms with Crippen molar-refractivity contribution < 1.29 is 12.8 Å². The van der Waals surface area contributed by atoms with Crippen molar-refractivity contribution >= 4 is 32.3 Å². The van der Waals surface area contributed by atoms with Gasteiger partial charge in [0.2, 0.25) is 5.89 Å². The van der Waals surface area contributed by atoms with Gasteiger partial charge in [-0.1, -0.05) is 0 Å². The third kappa shape index (κ3) is 2.55. The van der Waals surface area contributed by atoms with E-state index in [1.54, 1.807) is 24.3 Å². The van der Waals surface area contributed by atoms with E-state index < -0.39 is 9.84 Å². The Kier molecular flexibility index (Phi) is 2.87. The molecule has 0 fully saturated rings. The Hall–Kier alpha value is -2.54. The van der Waals surface area contributed by atoms with Crippen LogP contribution < -0.4 is 11.5 Å². The lowest BCUT2D eigenvalue weighted by molar-refractivity contribution is 0.602. The average Bonchev–Trinajstić information content (AvgIpc) is 2.79. The summed E-state index contributed by atoms with van der Waals surface area (Å²) in [6.07, 6.45) is 1.15. The van der Waals surface area contributed by atoms with Gasteiger partial charge in [0.25, 0.3) is 0 Å². The van der Waals surface area contributed by atoms with E-state index in [1.807, 2.05) is 0 Å². The first-order valence-electron chi connectivity index (χ1n) is 6.10. The Morgan fingerprint density at radius 3 is 2.33 bits per heavy atom. The molecular formula is C14H13N3O3S. The fourth-order valence-corrected chi connectivity index (χ4v) is 2.70. The second kappa shape index (κ2) is 4.49. The Bertz CT molecular complexity index is 925. The van der Waals surface area contributed by atoms with E-state index in [-0.39, 0.29) is 4.90 Å². The zero-order chi connectivity index (χ0) is 15.2. The van der Waals surface area contributed by atoms with Crippen LogP contribution in [0, 0.1) is 0 Å². The number of benzene rings is 2. The monoisotopic (exact) mass is 303 g/mol. The largest absolute Gasteiger partial charge is 0.436 e. The summed E-state index contributed by atoms with van der Waals surface area (Å²) >= 11 is 0. The van der Waals surface area contributed by atoms with Crippen molar-refractivity contribution in [3.63, 3.8) is 0 Å². The molecule has 0 aliphatic carbocycles. The Morgan fingerprint density at radius 2 is 1.71 bits per heavy atom. The standard InChI is InChI=1S/C14H13N3O3S/c1-21(18,19)11-2-3-13-12(7-11)17-14(20-13)8-4-9(15)6-10(16)5-8/h2-7H,15-16H2,1H3. The molecule has 108 valence electrons. The summed E-state index contributed by atoms with van der Waals surface area (Å²) in [5.74, 6) is 0.342. The maximum atomic E-state index is 11.6. The van der Waals surface area contributed by atoms with Crippen LogP contribution in [0.25, 0.3) is 22.6 Å². The molecule has 0 amide bonds. The van der Waals surface area contributed by atoms with Crippen molar-refractivity contribution in [1.82, 2.24) is 4.98 Å². The molecule has 3 aromatic rings. The van der Waals surface area contributed by atoms with Crippen LogP contribution in [-0.2, 0) is 9.84 Å². The second-order valence-corrected chi connectivity index (χ2v) is 6.82. The van der Waals surface area contributed by atoms with Crippen LogP contribution in [0.2, 0.25) is 0 Å². The average molecular weight is 303 g/mol. The van der Waals surface area contributed by atoms with Crippen LogP contribution in [0.5, 0.6) is 0 Å². The zero-order valence-corrected chi connectivity index (χ0v) is 12.0. The summed E-state index contributed by atoms with van der Waals surface area (Å²) in [6, 6.07) is 9.57. The maximum absolute atomic E-state index is 11.6. The number of nitrogens with zero attached hydrogens (tertiary/aromatic N) is 1. The number of nitrogens with two attached hydrogens (primary N) is 2. The van der Waals surface area contributed by atoms with Crippen LogP contribution in [0.4, 0.5) is 11.4 Å². The third-order valence-electron chi connectivity index (χ3n) is 3.01. The van der Waals surface area contributed by atoms with E-state index >= 15 is 0 Å².